The molecule has 0 amide bonds. The van der Waals surface area contributed by atoms with Gasteiger partial charge in [-0.25, -0.2) is 0 Å². The van der Waals surface area contributed by atoms with Gasteiger partial charge in [-0.15, -0.1) is 0 Å². The molecule has 21 heavy (non-hydrogen) atoms. The van der Waals surface area contributed by atoms with E-state index in [-0.39, 0.29) is 0 Å². The Morgan fingerprint density at radius 1 is 1.05 bits per heavy atom. The van der Waals surface area contributed by atoms with Crippen molar-refractivity contribution < 1.29 is 0 Å². The minimum Gasteiger partial charge on any atom is -0.310 e. The maximum atomic E-state index is 3.60. The third kappa shape index (κ3) is 5.17. The largest absolute Gasteiger partial charge is 0.310 e. The van der Waals surface area contributed by atoms with Crippen LogP contribution in [0, 0.1) is 0 Å². The van der Waals surface area contributed by atoms with E-state index >= 15 is 0 Å². The van der Waals surface area contributed by atoms with Crippen molar-refractivity contribution in [1.82, 2.24) is 5.32 Å². The summed E-state index contributed by atoms with van der Waals surface area (Å²) in [5, 5.41) is 3.60. The summed E-state index contributed by atoms with van der Waals surface area (Å²) in [6, 6.07) is 17.8. The van der Waals surface area contributed by atoms with E-state index in [1.807, 2.05) is 0 Å². The number of rotatable bonds is 7. The number of benzene rings is 2. The molecule has 0 saturated heterocycles. The molecule has 1 unspecified atom stereocenters. The average molecular weight is 364 g/mol. The quantitative estimate of drug-likeness (QED) is 0.642. The zero-order valence-electron chi connectivity index (χ0n) is 12.6. The molecule has 0 aliphatic heterocycles. The van der Waals surface area contributed by atoms with E-state index in [0.717, 1.165) is 17.4 Å². The lowest BCUT2D eigenvalue weighted by Crippen LogP contribution is -2.21. The second-order valence-corrected chi connectivity index (χ2v) is 7.11. The van der Waals surface area contributed by atoms with E-state index < -0.39 is 0 Å². The van der Waals surface area contributed by atoms with Crippen LogP contribution >= 0.6 is 27.7 Å². The molecule has 0 bridgehead atoms. The molecule has 0 aliphatic rings. The summed E-state index contributed by atoms with van der Waals surface area (Å²) in [5.41, 5.74) is 1.38. The fraction of sp³-hybridized carbons (Fsp3) is 0.333. The van der Waals surface area contributed by atoms with Crippen LogP contribution in [-0.4, -0.2) is 6.54 Å². The highest BCUT2D eigenvalue weighted by atomic mass is 79.9. The number of nitrogens with one attached hydrogen (secondary N) is 1. The van der Waals surface area contributed by atoms with Crippen LogP contribution in [0.5, 0.6) is 0 Å². The zero-order valence-corrected chi connectivity index (χ0v) is 15.0. The highest BCUT2D eigenvalue weighted by molar-refractivity contribution is 9.10. The van der Waals surface area contributed by atoms with Crippen molar-refractivity contribution in [2.24, 2.45) is 0 Å². The van der Waals surface area contributed by atoms with Crippen molar-refractivity contribution in [3.8, 4) is 0 Å². The minimum atomic E-state index is 0.467. The van der Waals surface area contributed by atoms with Gasteiger partial charge >= 0.3 is 0 Å². The molecule has 0 fully saturated rings. The van der Waals surface area contributed by atoms with Crippen LogP contribution in [0.1, 0.15) is 38.3 Å². The number of hydrogen-bond donors (Lipinski definition) is 1. The molecule has 1 nitrogen and oxygen atoms in total. The SMILES string of the molecule is CCCNC(CC)c1ccc(Sc2cccc(Br)c2)cc1. The van der Waals surface area contributed by atoms with Gasteiger partial charge in [-0.05, 0) is 55.3 Å². The van der Waals surface area contributed by atoms with Gasteiger partial charge in [0, 0.05) is 20.3 Å². The molecule has 0 heterocycles. The van der Waals surface area contributed by atoms with Gasteiger partial charge in [0.1, 0.15) is 0 Å². The molecule has 1 atom stereocenters. The van der Waals surface area contributed by atoms with Crippen LogP contribution in [0.25, 0.3) is 0 Å². The molecule has 1 N–H and O–H groups in total. The van der Waals surface area contributed by atoms with Crippen LogP contribution in [0.2, 0.25) is 0 Å². The Bertz CT molecular complexity index is 553. The van der Waals surface area contributed by atoms with Gasteiger partial charge < -0.3 is 5.32 Å². The van der Waals surface area contributed by atoms with Gasteiger partial charge in [-0.3, -0.25) is 0 Å². The van der Waals surface area contributed by atoms with Crippen molar-refractivity contribution in [3.63, 3.8) is 0 Å². The lowest BCUT2D eigenvalue weighted by molar-refractivity contribution is 0.518. The van der Waals surface area contributed by atoms with Gasteiger partial charge in [0.25, 0.3) is 0 Å². The van der Waals surface area contributed by atoms with Gasteiger partial charge in [0.15, 0.2) is 0 Å². The van der Waals surface area contributed by atoms with Crippen LogP contribution in [0.3, 0.4) is 0 Å². The Kier molecular flexibility index (Phi) is 6.81. The van der Waals surface area contributed by atoms with Gasteiger partial charge in [0.2, 0.25) is 0 Å². The third-order valence-corrected chi connectivity index (χ3v) is 4.85. The molecular formula is C18H22BrNS. The van der Waals surface area contributed by atoms with E-state index in [4.69, 9.17) is 0 Å². The van der Waals surface area contributed by atoms with Crippen LogP contribution < -0.4 is 5.32 Å². The first-order chi connectivity index (χ1) is 10.2. The normalized spacial score (nSPS) is 12.3. The fourth-order valence-corrected chi connectivity index (χ4v) is 3.68. The maximum Gasteiger partial charge on any atom is 0.0317 e. The lowest BCUT2D eigenvalue weighted by Gasteiger charge is -2.17. The van der Waals surface area contributed by atoms with Gasteiger partial charge in [-0.2, -0.15) is 0 Å². The second kappa shape index (κ2) is 8.62. The summed E-state index contributed by atoms with van der Waals surface area (Å²) in [5.74, 6) is 0. The number of halogens is 1. The monoisotopic (exact) mass is 363 g/mol. The highest BCUT2D eigenvalue weighted by Crippen LogP contribution is 2.30. The molecule has 2 rings (SSSR count). The standard InChI is InChI=1S/C18H22BrNS/c1-3-12-20-18(4-2)14-8-10-16(11-9-14)21-17-7-5-6-15(19)13-17/h5-11,13,18,20H,3-4,12H2,1-2H3. The first-order valence-corrected chi connectivity index (χ1v) is 9.10. The van der Waals surface area contributed by atoms with Crippen LogP contribution in [0.4, 0.5) is 0 Å². The van der Waals surface area contributed by atoms with Crippen molar-refractivity contribution in [2.45, 2.75) is 42.5 Å². The first-order valence-electron chi connectivity index (χ1n) is 7.49. The molecular weight excluding hydrogens is 342 g/mol. The van der Waals surface area contributed by atoms with E-state index in [0.29, 0.717) is 6.04 Å². The van der Waals surface area contributed by atoms with E-state index in [9.17, 15) is 0 Å². The minimum absolute atomic E-state index is 0.467. The molecule has 0 spiro atoms. The molecule has 112 valence electrons. The highest BCUT2D eigenvalue weighted by Gasteiger charge is 2.08. The maximum absolute atomic E-state index is 3.60. The predicted molar refractivity (Wildman–Crippen MR) is 96.0 cm³/mol. The molecule has 2 aromatic carbocycles. The van der Waals surface area contributed by atoms with Crippen molar-refractivity contribution in [3.05, 3.63) is 58.6 Å². The average Bonchev–Trinajstić information content (AvgIpc) is 2.49. The van der Waals surface area contributed by atoms with Crippen molar-refractivity contribution in [2.75, 3.05) is 6.54 Å². The Hall–Kier alpha value is -0.770. The van der Waals surface area contributed by atoms with E-state index in [2.05, 4.69) is 83.6 Å². The summed E-state index contributed by atoms with van der Waals surface area (Å²) >= 11 is 5.32. The predicted octanol–water partition coefficient (Wildman–Crippen LogP) is 6.05. The topological polar surface area (TPSA) is 12.0 Å². The van der Waals surface area contributed by atoms with Gasteiger partial charge in [-0.1, -0.05) is 59.7 Å². The number of hydrogen-bond acceptors (Lipinski definition) is 2. The second-order valence-electron chi connectivity index (χ2n) is 5.04. The summed E-state index contributed by atoms with van der Waals surface area (Å²) in [6.45, 7) is 5.52. The van der Waals surface area contributed by atoms with Crippen LogP contribution in [-0.2, 0) is 0 Å². The zero-order chi connectivity index (χ0) is 15.1. The van der Waals surface area contributed by atoms with Crippen molar-refractivity contribution >= 4 is 27.7 Å². The summed E-state index contributed by atoms with van der Waals surface area (Å²) < 4.78 is 1.12. The third-order valence-electron chi connectivity index (χ3n) is 3.36. The lowest BCUT2D eigenvalue weighted by atomic mass is 10.0. The molecule has 0 radical (unpaired) electrons. The van der Waals surface area contributed by atoms with Crippen LogP contribution in [0.15, 0.2) is 62.8 Å². The molecule has 0 aliphatic carbocycles. The molecule has 2 aromatic rings. The summed E-state index contributed by atoms with van der Waals surface area (Å²) in [4.78, 5) is 2.54. The van der Waals surface area contributed by atoms with Crippen molar-refractivity contribution in [1.29, 1.82) is 0 Å². The fourth-order valence-electron chi connectivity index (χ4n) is 2.25. The van der Waals surface area contributed by atoms with Gasteiger partial charge in [0.05, 0.1) is 0 Å². The summed E-state index contributed by atoms with van der Waals surface area (Å²) in [6.07, 6.45) is 2.30. The van der Waals surface area contributed by atoms with E-state index in [1.54, 1.807) is 11.8 Å². The Morgan fingerprint density at radius 3 is 2.43 bits per heavy atom. The molecule has 0 aromatic heterocycles. The summed E-state index contributed by atoms with van der Waals surface area (Å²) in [7, 11) is 0. The Morgan fingerprint density at radius 2 is 1.81 bits per heavy atom. The van der Waals surface area contributed by atoms with E-state index in [1.165, 1.54) is 21.8 Å². The Balaban J connectivity index is 2.04. The first kappa shape index (κ1) is 16.6. The molecule has 0 saturated carbocycles. The smallest absolute Gasteiger partial charge is 0.0317 e. The molecule has 3 heteroatoms. The Labute approximate surface area is 140 Å².